The molecule has 0 saturated heterocycles. The van der Waals surface area contributed by atoms with Crippen LogP contribution in [0.15, 0.2) is 30.3 Å². The monoisotopic (exact) mass is 305 g/mol. The minimum Gasteiger partial charge on any atom is -0.338 e. The number of likely N-dealkylation sites (N-methyl/N-ethyl adjacent to an activating group) is 1. The molecule has 0 bridgehead atoms. The first-order valence-corrected chi connectivity index (χ1v) is 8.39. The molecule has 1 unspecified atom stereocenters. The molecular weight excluding hydrogens is 274 g/mol. The number of hydrogen-bond acceptors (Lipinski definition) is 2. The van der Waals surface area contributed by atoms with Crippen LogP contribution in [0.5, 0.6) is 0 Å². The van der Waals surface area contributed by atoms with Gasteiger partial charge in [0, 0.05) is 13.1 Å². The number of amides is 2. The summed E-state index contributed by atoms with van der Waals surface area (Å²) in [6, 6.07) is 10.5. The number of carbonyl (C=O) groups excluding carboxylic acids is 1. The van der Waals surface area contributed by atoms with Gasteiger partial charge in [0.15, 0.2) is 0 Å². The minimum absolute atomic E-state index is 0.0752. The zero-order chi connectivity index (χ0) is 16.4. The number of urea groups is 1. The molecule has 22 heavy (non-hydrogen) atoms. The third-order valence-corrected chi connectivity index (χ3v) is 3.90. The second kappa shape index (κ2) is 10.2. The molecule has 0 aliphatic carbocycles. The first-order chi connectivity index (χ1) is 10.6. The molecule has 1 aromatic carbocycles. The standard InChI is InChI=1S/C18H31N3O/c1-5-21(6-2)17(16-10-8-7-9-11-16)14-20-18(22)19-13-12-15(3)4/h7-11,15,17H,5-6,12-14H2,1-4H3,(H2,19,20,22). The van der Waals surface area contributed by atoms with E-state index in [0.29, 0.717) is 12.5 Å². The van der Waals surface area contributed by atoms with E-state index in [9.17, 15) is 4.79 Å². The van der Waals surface area contributed by atoms with Crippen molar-refractivity contribution in [2.45, 2.75) is 40.2 Å². The summed E-state index contributed by atoms with van der Waals surface area (Å²) in [5.41, 5.74) is 1.24. The van der Waals surface area contributed by atoms with E-state index in [-0.39, 0.29) is 12.1 Å². The van der Waals surface area contributed by atoms with Crippen molar-refractivity contribution in [1.82, 2.24) is 15.5 Å². The van der Waals surface area contributed by atoms with Crippen LogP contribution in [0.4, 0.5) is 4.79 Å². The lowest BCUT2D eigenvalue weighted by Gasteiger charge is -2.30. The Morgan fingerprint density at radius 1 is 1.09 bits per heavy atom. The zero-order valence-electron chi connectivity index (χ0n) is 14.4. The molecule has 4 nitrogen and oxygen atoms in total. The topological polar surface area (TPSA) is 44.4 Å². The SMILES string of the molecule is CCN(CC)C(CNC(=O)NCCC(C)C)c1ccccc1. The van der Waals surface area contributed by atoms with E-state index >= 15 is 0 Å². The maximum absolute atomic E-state index is 11.9. The lowest BCUT2D eigenvalue weighted by molar-refractivity contribution is 0.206. The fourth-order valence-electron chi connectivity index (χ4n) is 2.52. The molecule has 4 heteroatoms. The fourth-order valence-corrected chi connectivity index (χ4v) is 2.52. The molecule has 0 aromatic heterocycles. The van der Waals surface area contributed by atoms with Gasteiger partial charge in [-0.25, -0.2) is 4.79 Å². The molecule has 1 aromatic rings. The number of hydrogen-bond donors (Lipinski definition) is 2. The lowest BCUT2D eigenvalue weighted by atomic mass is 10.1. The van der Waals surface area contributed by atoms with Gasteiger partial charge in [-0.2, -0.15) is 0 Å². The van der Waals surface area contributed by atoms with Gasteiger partial charge in [-0.1, -0.05) is 58.0 Å². The predicted molar refractivity (Wildman–Crippen MR) is 93.0 cm³/mol. The van der Waals surface area contributed by atoms with Gasteiger partial charge in [0.05, 0.1) is 6.04 Å². The van der Waals surface area contributed by atoms with Crippen LogP contribution in [0.1, 0.15) is 45.7 Å². The van der Waals surface area contributed by atoms with Crippen LogP contribution in [0.2, 0.25) is 0 Å². The van der Waals surface area contributed by atoms with Crippen molar-refractivity contribution in [2.75, 3.05) is 26.2 Å². The highest BCUT2D eigenvalue weighted by Gasteiger charge is 2.18. The van der Waals surface area contributed by atoms with Crippen LogP contribution in [-0.2, 0) is 0 Å². The Morgan fingerprint density at radius 2 is 1.73 bits per heavy atom. The molecule has 0 aliphatic rings. The van der Waals surface area contributed by atoms with E-state index in [2.05, 4.69) is 67.5 Å². The van der Waals surface area contributed by atoms with Gasteiger partial charge in [0.1, 0.15) is 0 Å². The Balaban J connectivity index is 2.56. The van der Waals surface area contributed by atoms with Crippen LogP contribution in [0, 0.1) is 5.92 Å². The molecule has 0 saturated carbocycles. The van der Waals surface area contributed by atoms with Crippen molar-refractivity contribution >= 4 is 6.03 Å². The van der Waals surface area contributed by atoms with Gasteiger partial charge in [-0.3, -0.25) is 4.90 Å². The highest BCUT2D eigenvalue weighted by Crippen LogP contribution is 2.19. The molecule has 1 atom stereocenters. The summed E-state index contributed by atoms with van der Waals surface area (Å²) in [7, 11) is 0. The van der Waals surface area contributed by atoms with Gasteiger partial charge >= 0.3 is 6.03 Å². The molecule has 2 N–H and O–H groups in total. The maximum Gasteiger partial charge on any atom is 0.314 e. The first kappa shape index (κ1) is 18.5. The van der Waals surface area contributed by atoms with Gasteiger partial charge in [-0.05, 0) is 31.0 Å². The number of carbonyl (C=O) groups is 1. The normalized spacial score (nSPS) is 12.5. The van der Waals surface area contributed by atoms with E-state index in [1.807, 2.05) is 6.07 Å². The zero-order valence-corrected chi connectivity index (χ0v) is 14.4. The molecule has 0 aliphatic heterocycles. The van der Waals surface area contributed by atoms with Crippen LogP contribution in [0.25, 0.3) is 0 Å². The van der Waals surface area contributed by atoms with E-state index in [1.54, 1.807) is 0 Å². The van der Waals surface area contributed by atoms with Gasteiger partial charge in [-0.15, -0.1) is 0 Å². The smallest absolute Gasteiger partial charge is 0.314 e. The summed E-state index contributed by atoms with van der Waals surface area (Å²) in [5, 5.41) is 5.94. The van der Waals surface area contributed by atoms with E-state index in [0.717, 1.165) is 26.1 Å². The average molecular weight is 305 g/mol. The summed E-state index contributed by atoms with van der Waals surface area (Å²) in [5.74, 6) is 0.605. The second-order valence-electron chi connectivity index (χ2n) is 5.97. The van der Waals surface area contributed by atoms with Crippen LogP contribution >= 0.6 is 0 Å². The Labute approximate surface area is 135 Å². The maximum atomic E-state index is 11.9. The van der Waals surface area contributed by atoms with Gasteiger partial charge in [0.2, 0.25) is 0 Å². The summed E-state index contributed by atoms with van der Waals surface area (Å²) >= 11 is 0. The quantitative estimate of drug-likeness (QED) is 0.734. The minimum atomic E-state index is -0.0752. The molecule has 0 fully saturated rings. The van der Waals surface area contributed by atoms with Crippen molar-refractivity contribution in [3.63, 3.8) is 0 Å². The number of nitrogens with zero attached hydrogens (tertiary/aromatic N) is 1. The molecule has 2 amide bonds. The van der Waals surface area contributed by atoms with Crippen molar-refractivity contribution in [3.8, 4) is 0 Å². The molecule has 0 spiro atoms. The molecule has 1 rings (SSSR count). The highest BCUT2D eigenvalue weighted by molar-refractivity contribution is 5.73. The highest BCUT2D eigenvalue weighted by atomic mass is 16.2. The van der Waals surface area contributed by atoms with E-state index in [4.69, 9.17) is 0 Å². The van der Waals surface area contributed by atoms with Crippen molar-refractivity contribution in [2.24, 2.45) is 5.92 Å². The third-order valence-electron chi connectivity index (χ3n) is 3.90. The summed E-state index contributed by atoms with van der Waals surface area (Å²) in [6.45, 7) is 11.9. The van der Waals surface area contributed by atoms with Crippen LogP contribution in [-0.4, -0.2) is 37.1 Å². The van der Waals surface area contributed by atoms with E-state index in [1.165, 1.54) is 5.56 Å². The molecular formula is C18H31N3O. The molecule has 0 radical (unpaired) electrons. The first-order valence-electron chi connectivity index (χ1n) is 8.39. The molecule has 0 heterocycles. The van der Waals surface area contributed by atoms with Crippen LogP contribution in [0.3, 0.4) is 0 Å². The largest absolute Gasteiger partial charge is 0.338 e. The number of nitrogens with one attached hydrogen (secondary N) is 2. The van der Waals surface area contributed by atoms with Crippen LogP contribution < -0.4 is 10.6 Å². The Morgan fingerprint density at radius 3 is 2.27 bits per heavy atom. The summed E-state index contributed by atoms with van der Waals surface area (Å²) < 4.78 is 0. The number of rotatable bonds is 9. The Kier molecular flexibility index (Phi) is 8.60. The van der Waals surface area contributed by atoms with Gasteiger partial charge in [0.25, 0.3) is 0 Å². The van der Waals surface area contributed by atoms with Crippen molar-refractivity contribution in [3.05, 3.63) is 35.9 Å². The van der Waals surface area contributed by atoms with Gasteiger partial charge < -0.3 is 10.6 Å². The second-order valence-corrected chi connectivity index (χ2v) is 5.97. The number of benzene rings is 1. The lowest BCUT2D eigenvalue weighted by Crippen LogP contribution is -2.42. The van der Waals surface area contributed by atoms with Crippen molar-refractivity contribution in [1.29, 1.82) is 0 Å². The molecule has 124 valence electrons. The predicted octanol–water partition coefficient (Wildman–Crippen LogP) is 3.41. The summed E-state index contributed by atoms with van der Waals surface area (Å²) in [4.78, 5) is 14.3. The van der Waals surface area contributed by atoms with Crippen molar-refractivity contribution < 1.29 is 4.79 Å². The third kappa shape index (κ3) is 6.48. The Bertz CT molecular complexity index is 416. The Hall–Kier alpha value is -1.55. The fraction of sp³-hybridized carbons (Fsp3) is 0.611. The summed E-state index contributed by atoms with van der Waals surface area (Å²) in [6.07, 6.45) is 1.01. The average Bonchev–Trinajstić information content (AvgIpc) is 2.52. The van der Waals surface area contributed by atoms with E-state index < -0.39 is 0 Å².